The van der Waals surface area contributed by atoms with Crippen LogP contribution in [0.15, 0.2) is 113 Å². The first-order chi connectivity index (χ1) is 22.8. The van der Waals surface area contributed by atoms with Crippen LogP contribution in [-0.2, 0) is 39.3 Å². The van der Waals surface area contributed by atoms with E-state index in [0.717, 1.165) is 59.8 Å². The van der Waals surface area contributed by atoms with E-state index in [1.807, 2.05) is 17.8 Å². The third kappa shape index (κ3) is 7.92. The van der Waals surface area contributed by atoms with Crippen LogP contribution in [0.4, 0.5) is 11.5 Å². The average molecular weight is 736 g/mol. The van der Waals surface area contributed by atoms with Gasteiger partial charge in [-0.2, -0.15) is 4.57 Å². The number of hydrogen-bond donors (Lipinski definition) is 0. The van der Waals surface area contributed by atoms with Crippen molar-refractivity contribution < 1.29 is 51.2 Å². The molecule has 1 aromatic heterocycles. The predicted octanol–water partition coefficient (Wildman–Crippen LogP) is 8.16. The maximum absolute atomic E-state index is 5.77. The minimum Gasteiger partial charge on any atom is -0.497 e. The van der Waals surface area contributed by atoms with E-state index in [2.05, 4.69) is 146 Å². The summed E-state index contributed by atoms with van der Waals surface area (Å²) in [5, 5.41) is 2.40. The second-order valence-electron chi connectivity index (χ2n) is 12.7. The van der Waals surface area contributed by atoms with E-state index < -0.39 is 0 Å². The summed E-state index contributed by atoms with van der Waals surface area (Å²) in [5.41, 5.74) is 5.99. The molecule has 1 aliphatic heterocycles. The molecule has 0 N–H and O–H groups in total. The molecule has 0 spiro atoms. The molecule has 4 aromatic carbocycles. The van der Waals surface area contributed by atoms with Crippen LogP contribution in [0.1, 0.15) is 24.5 Å². The number of aromatic nitrogens is 1. The Morgan fingerprint density at radius 3 is 2.31 bits per heavy atom. The fourth-order valence-corrected chi connectivity index (χ4v) is 7.62. The number of thioether (sulfide) groups is 1. The zero-order chi connectivity index (χ0) is 33.0. The number of quaternary nitrogens is 1. The third-order valence-corrected chi connectivity index (χ3v) is 10.1. The van der Waals surface area contributed by atoms with Crippen LogP contribution in [-0.4, -0.2) is 59.5 Å². The fraction of sp³-hybridized carbons (Fsp3) is 0.275. The largest absolute Gasteiger partial charge is 0.497 e. The minimum absolute atomic E-state index is 0. The number of benzene rings is 4. The van der Waals surface area contributed by atoms with Gasteiger partial charge in [0.15, 0.2) is 0 Å². The first kappa shape index (κ1) is 35.9. The van der Waals surface area contributed by atoms with Gasteiger partial charge in [-0.1, -0.05) is 54.2 Å². The second-order valence-corrected chi connectivity index (χ2v) is 13.8. The van der Waals surface area contributed by atoms with Gasteiger partial charge in [0, 0.05) is 74.2 Å². The van der Waals surface area contributed by atoms with E-state index in [0.29, 0.717) is 0 Å². The number of nitrogens with zero attached hydrogens (tertiary/aromatic N) is 4. The van der Waals surface area contributed by atoms with Gasteiger partial charge in [0.05, 0.1) is 58.7 Å². The normalized spacial score (nSPS) is 13.4. The van der Waals surface area contributed by atoms with E-state index in [1.165, 1.54) is 37.9 Å². The second kappa shape index (κ2) is 15.9. The Hall–Kier alpha value is -3.36. The molecule has 1 radical (unpaired) electrons. The summed E-state index contributed by atoms with van der Waals surface area (Å²) in [6.45, 7) is 6.10. The van der Waals surface area contributed by atoms with E-state index in [9.17, 15) is 0 Å². The number of rotatable bonds is 12. The molecule has 6 rings (SSSR count). The Morgan fingerprint density at radius 2 is 1.58 bits per heavy atom. The smallest absolute Gasteiger partial charge is 0.282 e. The molecule has 0 aliphatic carbocycles. The zero-order valence-electron chi connectivity index (χ0n) is 29.0. The van der Waals surface area contributed by atoms with Crippen LogP contribution in [0.3, 0.4) is 0 Å². The van der Waals surface area contributed by atoms with Crippen molar-refractivity contribution in [3.63, 3.8) is 0 Å². The summed E-state index contributed by atoms with van der Waals surface area (Å²) in [4.78, 5) is 6.11. The summed E-state index contributed by atoms with van der Waals surface area (Å²) in [6, 6.07) is 36.6. The zero-order valence-corrected chi connectivity index (χ0v) is 32.7. The number of ether oxygens (including phenoxy) is 2. The van der Waals surface area contributed by atoms with Crippen molar-refractivity contribution in [3.05, 3.63) is 119 Å². The molecule has 245 valence electrons. The van der Waals surface area contributed by atoms with Gasteiger partial charge in [0.1, 0.15) is 29.2 Å². The van der Waals surface area contributed by atoms with Gasteiger partial charge in [-0.3, -0.25) is 4.90 Å². The van der Waals surface area contributed by atoms with Gasteiger partial charge in [-0.15, -0.1) is 0 Å². The monoisotopic (exact) mass is 735 g/mol. The molecule has 0 atom stereocenters. The number of para-hydroxylation sites is 2. The maximum Gasteiger partial charge on any atom is 0.282 e. The molecular formula is C40H46N4O2SY+2. The van der Waals surface area contributed by atoms with Crippen molar-refractivity contribution >= 4 is 40.2 Å². The summed E-state index contributed by atoms with van der Waals surface area (Å²) >= 11 is 1.83. The molecule has 1 aliphatic rings. The molecule has 0 saturated carbocycles. The van der Waals surface area contributed by atoms with Crippen LogP contribution in [0.5, 0.6) is 11.5 Å². The van der Waals surface area contributed by atoms with E-state index in [4.69, 9.17) is 9.47 Å². The molecule has 48 heavy (non-hydrogen) atoms. The molecule has 0 amide bonds. The van der Waals surface area contributed by atoms with Crippen molar-refractivity contribution in [1.29, 1.82) is 0 Å². The Morgan fingerprint density at radius 1 is 0.854 bits per heavy atom. The summed E-state index contributed by atoms with van der Waals surface area (Å²) in [6.07, 6.45) is 3.40. The molecule has 0 bridgehead atoms. The summed E-state index contributed by atoms with van der Waals surface area (Å²) < 4.78 is 14.6. The van der Waals surface area contributed by atoms with Crippen molar-refractivity contribution in [3.8, 4) is 17.2 Å². The van der Waals surface area contributed by atoms with Crippen molar-refractivity contribution in [2.75, 3.05) is 64.8 Å². The minimum atomic E-state index is 0. The molecular weight excluding hydrogens is 689 g/mol. The molecule has 8 heteroatoms. The molecule has 2 heterocycles. The van der Waals surface area contributed by atoms with Crippen molar-refractivity contribution in [2.45, 2.75) is 24.8 Å². The molecule has 0 saturated heterocycles. The van der Waals surface area contributed by atoms with Gasteiger partial charge in [-0.25, -0.2) is 0 Å². The number of fused-ring (bicyclic) bond motifs is 2. The van der Waals surface area contributed by atoms with E-state index >= 15 is 0 Å². The van der Waals surface area contributed by atoms with Gasteiger partial charge >= 0.3 is 0 Å². The summed E-state index contributed by atoms with van der Waals surface area (Å²) in [5.74, 6) is 2.93. The van der Waals surface area contributed by atoms with Gasteiger partial charge in [-0.05, 0) is 67.1 Å². The van der Waals surface area contributed by atoms with Gasteiger partial charge < -0.3 is 18.9 Å². The Kier molecular flexibility index (Phi) is 11.9. The third-order valence-electron chi connectivity index (χ3n) is 8.98. The Labute approximate surface area is 315 Å². The maximum atomic E-state index is 5.77. The molecule has 5 aromatic rings. The van der Waals surface area contributed by atoms with Crippen LogP contribution in [0, 0.1) is 0 Å². The number of hydrogen-bond acceptors (Lipinski definition) is 5. The Bertz CT molecular complexity index is 1900. The van der Waals surface area contributed by atoms with Crippen molar-refractivity contribution in [2.24, 2.45) is 0 Å². The standard InChI is InChI=1S/C40H46N4O2S.Y/c1-7-42(23-14-24-44(3,4)29-30-15-13-18-33(25-30)45-5)39-26-31(27-40-41(2)36-19-11-12-20-38(36)47-40)35-22-21-34(46-6)28-37(35)43(39)32-16-9-8-10-17-32;/h8-13,15-22,25-28H,7,14,23-24,29H2,1-6H3;/q+2;. The van der Waals surface area contributed by atoms with Crippen LogP contribution >= 0.6 is 11.8 Å². The Balaban J connectivity index is 0.00000451. The van der Waals surface area contributed by atoms with Crippen molar-refractivity contribution in [1.82, 2.24) is 0 Å². The molecule has 6 nitrogen and oxygen atoms in total. The molecule has 0 unspecified atom stereocenters. The first-order valence-electron chi connectivity index (χ1n) is 16.3. The SMILES string of the molecule is CCN(CCC[N+](C)(C)Cc1cccc(OC)c1)c1cc(C=C2Sc3ccccc3N2C)c2ccc(OC)cc2[n+]1-c1ccccc1.[Y]. The van der Waals surface area contributed by atoms with Gasteiger partial charge in [0.2, 0.25) is 0 Å². The molecule has 0 fully saturated rings. The number of pyridine rings is 1. The topological polar surface area (TPSA) is 28.8 Å². The average Bonchev–Trinajstić information content (AvgIpc) is 3.41. The quantitative estimate of drug-likeness (QED) is 0.0954. The van der Waals surface area contributed by atoms with Crippen LogP contribution in [0.2, 0.25) is 0 Å². The fourth-order valence-electron chi connectivity index (χ4n) is 6.52. The predicted molar refractivity (Wildman–Crippen MR) is 197 cm³/mol. The van der Waals surface area contributed by atoms with Gasteiger partial charge in [0.25, 0.3) is 5.82 Å². The number of anilines is 2. The number of methoxy groups -OCH3 is 2. The van der Waals surface area contributed by atoms with E-state index in [1.54, 1.807) is 14.2 Å². The first-order valence-corrected chi connectivity index (χ1v) is 17.2. The van der Waals surface area contributed by atoms with Crippen LogP contribution in [0.25, 0.3) is 22.7 Å². The summed E-state index contributed by atoms with van der Waals surface area (Å²) in [7, 11) is 10.3. The van der Waals surface area contributed by atoms with Crippen LogP contribution < -0.4 is 23.8 Å². The van der Waals surface area contributed by atoms with E-state index in [-0.39, 0.29) is 32.7 Å².